The number of aromatic hydroxyl groups is 2. The van der Waals surface area contributed by atoms with Gasteiger partial charge in [-0.3, -0.25) is 19.2 Å². The van der Waals surface area contributed by atoms with Crippen molar-refractivity contribution in [3.05, 3.63) is 40.9 Å². The Morgan fingerprint density at radius 3 is 1.07 bits per heavy atom. The average molecular weight is 218 g/mol. The molecule has 2 N–H and O–H groups in total. The number of rotatable bonds is 0. The number of hydrogen-bond donors (Lipinski definition) is 2. The monoisotopic (exact) mass is 218 g/mol. The zero-order chi connectivity index (χ0) is 9.46. The van der Waals surface area contributed by atoms with Crippen LogP contribution in [0.25, 0.3) is 0 Å². The van der Waals surface area contributed by atoms with Gasteiger partial charge in [0.15, 0.2) is 0 Å². The molecule has 0 amide bonds. The molecule has 8 heteroatoms. The quantitative estimate of drug-likeness (QED) is 0.254. The predicted molar refractivity (Wildman–Crippen MR) is 39.4 cm³/mol. The second kappa shape index (κ2) is 5.79. The van der Waals surface area contributed by atoms with Crippen molar-refractivity contribution in [3.8, 4) is 11.5 Å². The normalized spacial score (nSPS) is 8.57. The van der Waals surface area contributed by atoms with E-state index in [0.717, 1.165) is 0 Å². The first kappa shape index (κ1) is 16.4. The molecule has 6 nitrogen and oxygen atoms in total. The van der Waals surface area contributed by atoms with Crippen LogP contribution in [-0.4, -0.2) is 10.2 Å². The number of phenolic OH excluding ortho intramolecular Hbond substituents is 2. The standard InChI is InChI=1S/C6H2O6.2Na.2H/c7-1-2(8)4(10)6(12)5(11)3(1)9;;;;/h7-8H;;;;/q;2*+1;2*-1. The maximum Gasteiger partial charge on any atom is 1.00 e. The number of phenols is 2. The molecular weight excluding hydrogens is 214 g/mol. The van der Waals surface area contributed by atoms with E-state index in [4.69, 9.17) is 10.2 Å². The Morgan fingerprint density at radius 1 is 0.643 bits per heavy atom. The second-order valence-electron chi connectivity index (χ2n) is 2.01. The number of benzene rings is 1. The molecule has 0 radical (unpaired) electrons. The van der Waals surface area contributed by atoms with Gasteiger partial charge in [-0.2, -0.15) is 0 Å². The molecule has 0 unspecified atom stereocenters. The zero-order valence-electron chi connectivity index (χ0n) is 9.53. The molecule has 1 aromatic rings. The summed E-state index contributed by atoms with van der Waals surface area (Å²) in [6, 6.07) is 0. The summed E-state index contributed by atoms with van der Waals surface area (Å²) in [5.74, 6) is -2.74. The van der Waals surface area contributed by atoms with Gasteiger partial charge < -0.3 is 13.1 Å². The Hall–Kier alpha value is 0.0200. The fourth-order valence-corrected chi connectivity index (χ4v) is 0.636. The third kappa shape index (κ3) is 2.53. The molecule has 14 heavy (non-hydrogen) atoms. The molecule has 0 spiro atoms. The van der Waals surface area contributed by atoms with Crippen molar-refractivity contribution in [3.63, 3.8) is 0 Å². The van der Waals surface area contributed by atoms with Crippen LogP contribution in [0.15, 0.2) is 19.2 Å². The van der Waals surface area contributed by atoms with Crippen molar-refractivity contribution in [2.24, 2.45) is 0 Å². The third-order valence-electron chi connectivity index (χ3n) is 1.27. The summed E-state index contributed by atoms with van der Waals surface area (Å²) in [6.07, 6.45) is 0. The van der Waals surface area contributed by atoms with Crippen LogP contribution < -0.4 is 80.8 Å². The van der Waals surface area contributed by atoms with Gasteiger partial charge in [-0.25, -0.2) is 0 Å². The minimum atomic E-state index is -1.63. The van der Waals surface area contributed by atoms with Crippen molar-refractivity contribution in [2.75, 3.05) is 0 Å². The van der Waals surface area contributed by atoms with Gasteiger partial charge in [-0.05, 0) is 0 Å². The van der Waals surface area contributed by atoms with Gasteiger partial charge in [0.1, 0.15) is 0 Å². The van der Waals surface area contributed by atoms with Gasteiger partial charge in [-0.15, -0.1) is 0 Å². The summed E-state index contributed by atoms with van der Waals surface area (Å²) in [5, 5.41) is 17.2. The smallest absolute Gasteiger partial charge is 1.00 e. The van der Waals surface area contributed by atoms with E-state index in [1.807, 2.05) is 0 Å². The average Bonchev–Trinajstić information content (AvgIpc) is 2.08. The first-order valence-corrected chi connectivity index (χ1v) is 2.76. The Labute approximate surface area is 123 Å². The van der Waals surface area contributed by atoms with Gasteiger partial charge >= 0.3 is 59.1 Å². The fourth-order valence-electron chi connectivity index (χ4n) is 0.636. The van der Waals surface area contributed by atoms with Crippen molar-refractivity contribution >= 4 is 0 Å². The van der Waals surface area contributed by atoms with Gasteiger partial charge in [0.2, 0.25) is 11.5 Å². The van der Waals surface area contributed by atoms with Gasteiger partial charge in [0.05, 0.1) is 0 Å². The van der Waals surface area contributed by atoms with Gasteiger partial charge in [0.25, 0.3) is 21.7 Å². The Kier molecular flexibility index (Phi) is 6.81. The summed E-state index contributed by atoms with van der Waals surface area (Å²) in [4.78, 5) is 41.9. The predicted octanol–water partition coefficient (Wildman–Crippen LogP) is -8.35. The molecule has 66 valence electrons. The molecule has 1 aromatic carbocycles. The van der Waals surface area contributed by atoms with Crippen molar-refractivity contribution in [2.45, 2.75) is 0 Å². The minimum Gasteiger partial charge on any atom is -1.00 e. The second-order valence-corrected chi connectivity index (χ2v) is 2.01. The van der Waals surface area contributed by atoms with Crippen LogP contribution in [0, 0.1) is 0 Å². The van der Waals surface area contributed by atoms with E-state index in [-0.39, 0.29) is 62.0 Å². The van der Waals surface area contributed by atoms with Gasteiger partial charge in [0, 0.05) is 0 Å². The van der Waals surface area contributed by atoms with E-state index in [2.05, 4.69) is 0 Å². The first-order valence-electron chi connectivity index (χ1n) is 2.76. The summed E-state index contributed by atoms with van der Waals surface area (Å²) in [6.45, 7) is 0. The van der Waals surface area contributed by atoms with Crippen LogP contribution in [0.5, 0.6) is 11.5 Å². The van der Waals surface area contributed by atoms with E-state index < -0.39 is 33.2 Å². The maximum atomic E-state index is 10.5. The summed E-state index contributed by atoms with van der Waals surface area (Å²) >= 11 is 0. The largest absolute Gasteiger partial charge is 1.00 e. The number of hydrogen-bond acceptors (Lipinski definition) is 6. The molecule has 0 saturated carbocycles. The van der Waals surface area contributed by atoms with E-state index in [0.29, 0.717) is 0 Å². The molecule has 0 fully saturated rings. The fraction of sp³-hybridized carbons (Fsp3) is 0. The molecule has 0 heterocycles. The van der Waals surface area contributed by atoms with Crippen LogP contribution >= 0.6 is 0 Å². The molecule has 0 saturated heterocycles. The summed E-state index contributed by atoms with van der Waals surface area (Å²) in [5.41, 5.74) is -6.38. The van der Waals surface area contributed by atoms with E-state index in [1.54, 1.807) is 0 Å². The summed E-state index contributed by atoms with van der Waals surface area (Å²) < 4.78 is 0. The van der Waals surface area contributed by atoms with Crippen molar-refractivity contribution in [1.29, 1.82) is 0 Å². The van der Waals surface area contributed by atoms with Crippen LogP contribution in [0.3, 0.4) is 0 Å². The van der Waals surface area contributed by atoms with E-state index in [9.17, 15) is 19.2 Å². The molecule has 0 aliphatic rings. The molecule has 0 aliphatic heterocycles. The molecule has 0 aliphatic carbocycles. The van der Waals surface area contributed by atoms with Crippen LogP contribution in [-0.2, 0) is 0 Å². The molecule has 0 atom stereocenters. The summed E-state index contributed by atoms with van der Waals surface area (Å²) in [7, 11) is 0. The van der Waals surface area contributed by atoms with E-state index in [1.165, 1.54) is 0 Å². The Bertz CT molecular complexity index is 487. The van der Waals surface area contributed by atoms with Crippen molar-refractivity contribution in [1.82, 2.24) is 0 Å². The van der Waals surface area contributed by atoms with Crippen molar-refractivity contribution < 1.29 is 72.2 Å². The SMILES string of the molecule is O=c1c(O)c(O)c(=O)c(=O)c1=O.[H-].[H-].[Na+].[Na+]. The Balaban J connectivity index is -0.000000180. The van der Waals surface area contributed by atoms with Gasteiger partial charge in [-0.1, -0.05) is 0 Å². The minimum absolute atomic E-state index is 0. The molecule has 1 rings (SSSR count). The molecular formula is C6H4Na2O6. The maximum absolute atomic E-state index is 10.5. The topological polar surface area (TPSA) is 109 Å². The van der Waals surface area contributed by atoms with Crippen LogP contribution in [0.1, 0.15) is 2.85 Å². The Morgan fingerprint density at radius 2 is 0.857 bits per heavy atom. The van der Waals surface area contributed by atoms with E-state index >= 15 is 0 Å². The first-order chi connectivity index (χ1) is 5.46. The third-order valence-corrected chi connectivity index (χ3v) is 1.27. The molecule has 0 aromatic heterocycles. The van der Waals surface area contributed by atoms with Crippen LogP contribution in [0.4, 0.5) is 0 Å². The van der Waals surface area contributed by atoms with Crippen LogP contribution in [0.2, 0.25) is 0 Å². The zero-order valence-corrected chi connectivity index (χ0v) is 11.5. The molecule has 0 bridgehead atoms.